The first-order chi connectivity index (χ1) is 13.6. The van der Waals surface area contributed by atoms with Crippen LogP contribution in [0.4, 0.5) is 17.1 Å². The van der Waals surface area contributed by atoms with Gasteiger partial charge in [-0.05, 0) is 61.7 Å². The van der Waals surface area contributed by atoms with Crippen molar-refractivity contribution in [2.45, 2.75) is 26.3 Å². The van der Waals surface area contributed by atoms with Crippen molar-refractivity contribution in [1.82, 2.24) is 4.98 Å². The van der Waals surface area contributed by atoms with Crippen LogP contribution >= 0.6 is 0 Å². The van der Waals surface area contributed by atoms with Gasteiger partial charge in [-0.15, -0.1) is 0 Å². The van der Waals surface area contributed by atoms with E-state index in [9.17, 15) is 4.79 Å². The van der Waals surface area contributed by atoms with E-state index in [1.165, 1.54) is 5.56 Å². The zero-order valence-corrected chi connectivity index (χ0v) is 16.3. The molecule has 1 atom stereocenters. The van der Waals surface area contributed by atoms with E-state index in [-0.39, 0.29) is 11.9 Å². The second-order valence-corrected chi connectivity index (χ2v) is 7.12. The van der Waals surface area contributed by atoms with Crippen molar-refractivity contribution in [3.05, 3.63) is 77.6 Å². The van der Waals surface area contributed by atoms with Gasteiger partial charge in [-0.1, -0.05) is 24.3 Å². The van der Waals surface area contributed by atoms with Gasteiger partial charge in [0.1, 0.15) is 11.4 Å². The fourth-order valence-electron chi connectivity index (χ4n) is 3.70. The SMILES string of the molecule is COc1ccc(C)cc1Nc1ccnc(C(=O)N2c3ccccc3CC2C)c1. The minimum absolute atomic E-state index is 0.0858. The highest BCUT2D eigenvalue weighted by molar-refractivity contribution is 6.07. The van der Waals surface area contributed by atoms with Gasteiger partial charge in [0.2, 0.25) is 0 Å². The normalized spacial score (nSPS) is 15.2. The predicted octanol–water partition coefficient (Wildman–Crippen LogP) is 4.73. The Kier molecular flexibility index (Phi) is 4.74. The molecule has 0 radical (unpaired) electrons. The number of aromatic nitrogens is 1. The van der Waals surface area contributed by atoms with Crippen molar-refractivity contribution >= 4 is 23.0 Å². The van der Waals surface area contributed by atoms with Gasteiger partial charge in [-0.2, -0.15) is 0 Å². The second kappa shape index (κ2) is 7.35. The molecule has 5 nitrogen and oxygen atoms in total. The number of nitrogens with one attached hydrogen (secondary N) is 1. The summed E-state index contributed by atoms with van der Waals surface area (Å²) in [6, 6.07) is 17.7. The first-order valence-electron chi connectivity index (χ1n) is 9.36. The lowest BCUT2D eigenvalue weighted by Crippen LogP contribution is -2.36. The van der Waals surface area contributed by atoms with E-state index in [1.54, 1.807) is 19.4 Å². The molecule has 1 aliphatic heterocycles. The monoisotopic (exact) mass is 373 g/mol. The van der Waals surface area contributed by atoms with Gasteiger partial charge in [0.15, 0.2) is 0 Å². The van der Waals surface area contributed by atoms with Crippen LogP contribution in [0.1, 0.15) is 28.5 Å². The number of hydrogen-bond donors (Lipinski definition) is 1. The molecular weight excluding hydrogens is 350 g/mol. The summed E-state index contributed by atoms with van der Waals surface area (Å²) < 4.78 is 5.43. The third-order valence-electron chi connectivity index (χ3n) is 5.04. The number of fused-ring (bicyclic) bond motifs is 1. The third kappa shape index (κ3) is 3.31. The van der Waals surface area contributed by atoms with Gasteiger partial charge < -0.3 is 15.0 Å². The zero-order chi connectivity index (χ0) is 19.7. The molecule has 1 N–H and O–H groups in total. The van der Waals surface area contributed by atoms with Gasteiger partial charge >= 0.3 is 0 Å². The number of carbonyl (C=O) groups excluding carboxylic acids is 1. The molecule has 1 aliphatic rings. The number of nitrogens with zero attached hydrogens (tertiary/aromatic N) is 2. The van der Waals surface area contributed by atoms with Crippen LogP contribution in [0.3, 0.4) is 0 Å². The van der Waals surface area contributed by atoms with Crippen LogP contribution in [-0.4, -0.2) is 24.0 Å². The van der Waals surface area contributed by atoms with Crippen molar-refractivity contribution in [3.63, 3.8) is 0 Å². The highest BCUT2D eigenvalue weighted by Crippen LogP contribution is 2.33. The summed E-state index contributed by atoms with van der Waals surface area (Å²) in [5.74, 6) is 0.662. The maximum absolute atomic E-state index is 13.2. The van der Waals surface area contributed by atoms with E-state index < -0.39 is 0 Å². The lowest BCUT2D eigenvalue weighted by molar-refractivity contribution is 0.0976. The molecule has 142 valence electrons. The summed E-state index contributed by atoms with van der Waals surface area (Å²) >= 11 is 0. The van der Waals surface area contributed by atoms with Crippen LogP contribution in [0, 0.1) is 6.92 Å². The largest absolute Gasteiger partial charge is 0.495 e. The summed E-state index contributed by atoms with van der Waals surface area (Å²) in [5, 5.41) is 3.34. The summed E-state index contributed by atoms with van der Waals surface area (Å²) in [6.07, 6.45) is 2.52. The average Bonchev–Trinajstić information content (AvgIpc) is 3.03. The lowest BCUT2D eigenvalue weighted by Gasteiger charge is -2.22. The molecule has 0 saturated heterocycles. The van der Waals surface area contributed by atoms with E-state index in [1.807, 2.05) is 54.3 Å². The number of carbonyl (C=O) groups is 1. The fourth-order valence-corrected chi connectivity index (χ4v) is 3.70. The highest BCUT2D eigenvalue weighted by Gasteiger charge is 2.31. The molecule has 0 fully saturated rings. The molecular formula is C23H23N3O2. The molecule has 2 aromatic carbocycles. The minimum atomic E-state index is -0.0858. The Morgan fingerprint density at radius 1 is 1.18 bits per heavy atom. The van der Waals surface area contributed by atoms with E-state index in [0.717, 1.165) is 34.8 Å². The highest BCUT2D eigenvalue weighted by atomic mass is 16.5. The predicted molar refractivity (Wildman–Crippen MR) is 112 cm³/mol. The van der Waals surface area contributed by atoms with E-state index in [2.05, 4.69) is 23.3 Å². The molecule has 3 aromatic rings. The molecule has 1 amide bonds. The molecule has 28 heavy (non-hydrogen) atoms. The summed E-state index contributed by atoms with van der Waals surface area (Å²) in [4.78, 5) is 19.4. The Balaban J connectivity index is 1.63. The molecule has 2 heterocycles. The van der Waals surface area contributed by atoms with Crippen molar-refractivity contribution in [3.8, 4) is 5.75 Å². The van der Waals surface area contributed by atoms with Crippen LogP contribution in [0.25, 0.3) is 0 Å². The van der Waals surface area contributed by atoms with Crippen molar-refractivity contribution < 1.29 is 9.53 Å². The van der Waals surface area contributed by atoms with E-state index in [4.69, 9.17) is 4.74 Å². The Morgan fingerprint density at radius 2 is 2.00 bits per heavy atom. The number of amides is 1. The molecule has 1 aromatic heterocycles. The summed E-state index contributed by atoms with van der Waals surface area (Å²) in [7, 11) is 1.64. The Hall–Kier alpha value is -3.34. The number of pyridine rings is 1. The maximum Gasteiger partial charge on any atom is 0.277 e. The quantitative estimate of drug-likeness (QED) is 0.718. The molecule has 0 bridgehead atoms. The molecule has 0 aliphatic carbocycles. The zero-order valence-electron chi connectivity index (χ0n) is 16.3. The standard InChI is InChI=1S/C23H23N3O2/c1-15-8-9-22(28-3)19(12-15)25-18-10-11-24-20(14-18)23(27)26-16(2)13-17-6-4-5-7-21(17)26/h4-12,14,16H,13H2,1-3H3,(H,24,25). The van der Waals surface area contributed by atoms with Crippen molar-refractivity contribution in [1.29, 1.82) is 0 Å². The number of anilines is 3. The smallest absolute Gasteiger partial charge is 0.277 e. The first-order valence-corrected chi connectivity index (χ1v) is 9.36. The summed E-state index contributed by atoms with van der Waals surface area (Å²) in [6.45, 7) is 4.09. The minimum Gasteiger partial charge on any atom is -0.495 e. The topological polar surface area (TPSA) is 54.5 Å². The number of rotatable bonds is 4. The van der Waals surface area contributed by atoms with Gasteiger partial charge in [0, 0.05) is 23.6 Å². The van der Waals surface area contributed by atoms with Gasteiger partial charge in [0.05, 0.1) is 12.8 Å². The second-order valence-electron chi connectivity index (χ2n) is 7.12. The number of aryl methyl sites for hydroxylation is 1. The number of para-hydroxylation sites is 1. The van der Waals surface area contributed by atoms with Gasteiger partial charge in [-0.25, -0.2) is 0 Å². The molecule has 0 saturated carbocycles. The van der Waals surface area contributed by atoms with Crippen LogP contribution in [0.2, 0.25) is 0 Å². The van der Waals surface area contributed by atoms with E-state index in [0.29, 0.717) is 5.69 Å². The first kappa shape index (κ1) is 18.0. The fraction of sp³-hybridized carbons (Fsp3) is 0.217. The van der Waals surface area contributed by atoms with Crippen LogP contribution in [-0.2, 0) is 6.42 Å². The lowest BCUT2D eigenvalue weighted by atomic mass is 10.1. The Bertz CT molecular complexity index is 1030. The average molecular weight is 373 g/mol. The molecule has 0 spiro atoms. The van der Waals surface area contributed by atoms with Crippen LogP contribution in [0.15, 0.2) is 60.8 Å². The van der Waals surface area contributed by atoms with E-state index >= 15 is 0 Å². The van der Waals surface area contributed by atoms with Crippen LogP contribution in [0.5, 0.6) is 5.75 Å². The number of benzene rings is 2. The number of methoxy groups -OCH3 is 1. The third-order valence-corrected chi connectivity index (χ3v) is 5.04. The maximum atomic E-state index is 13.2. The van der Waals surface area contributed by atoms with Crippen LogP contribution < -0.4 is 15.0 Å². The Morgan fingerprint density at radius 3 is 2.82 bits per heavy atom. The molecule has 1 unspecified atom stereocenters. The number of ether oxygens (including phenoxy) is 1. The van der Waals surface area contributed by atoms with Gasteiger partial charge in [0.25, 0.3) is 5.91 Å². The van der Waals surface area contributed by atoms with Gasteiger partial charge in [-0.3, -0.25) is 9.78 Å². The number of hydrogen-bond acceptors (Lipinski definition) is 4. The van der Waals surface area contributed by atoms with Crippen molar-refractivity contribution in [2.75, 3.05) is 17.3 Å². The van der Waals surface area contributed by atoms with Crippen molar-refractivity contribution in [2.24, 2.45) is 0 Å². The Labute approximate surface area is 165 Å². The molecule has 4 rings (SSSR count). The molecule has 5 heteroatoms. The summed E-state index contributed by atoms with van der Waals surface area (Å²) in [5.41, 5.74) is 5.35.